The molecule has 180 valence electrons. The minimum atomic E-state index is -2.64. The summed E-state index contributed by atoms with van der Waals surface area (Å²) in [4.78, 5) is 16.9. The van der Waals surface area contributed by atoms with Crippen LogP contribution < -0.4 is 10.6 Å². The van der Waals surface area contributed by atoms with Gasteiger partial charge >= 0.3 is 5.91 Å². The van der Waals surface area contributed by atoms with Crippen LogP contribution in [0.1, 0.15) is 48.2 Å². The van der Waals surface area contributed by atoms with E-state index in [0.29, 0.717) is 30.0 Å². The van der Waals surface area contributed by atoms with Gasteiger partial charge in [-0.25, -0.2) is 27.3 Å². The third kappa shape index (κ3) is 5.35. The van der Waals surface area contributed by atoms with E-state index in [1.54, 1.807) is 40.8 Å². The fourth-order valence-electron chi connectivity index (χ4n) is 4.21. The molecule has 34 heavy (non-hydrogen) atoms. The lowest BCUT2D eigenvalue weighted by atomic mass is 9.91. The first kappa shape index (κ1) is 24.1. The molecule has 1 aliphatic carbocycles. The van der Waals surface area contributed by atoms with E-state index in [1.807, 2.05) is 6.07 Å². The highest BCUT2D eigenvalue weighted by atomic mass is 32.1. The number of alkyl halides is 4. The minimum absolute atomic E-state index is 0.0812. The van der Waals surface area contributed by atoms with Gasteiger partial charge in [0.1, 0.15) is 22.7 Å². The van der Waals surface area contributed by atoms with Gasteiger partial charge in [-0.15, -0.1) is 0 Å². The molecule has 1 aromatic carbocycles. The molecule has 1 fully saturated rings. The first-order valence-corrected chi connectivity index (χ1v) is 11.3. The average molecular weight is 495 g/mol. The summed E-state index contributed by atoms with van der Waals surface area (Å²) in [5, 5.41) is 5.99. The molecule has 0 unspecified atom stereocenters. The van der Waals surface area contributed by atoms with E-state index < -0.39 is 25.3 Å². The molecule has 6 nitrogen and oxygen atoms in total. The average Bonchev–Trinajstić information content (AvgIpc) is 3.28. The number of hydrogen-bond donors (Lipinski definition) is 2. The fraction of sp³-hybridized carbons (Fsp3) is 0.391. The number of pyridine rings is 1. The Morgan fingerprint density at radius 3 is 2.53 bits per heavy atom. The number of nitrogens with zero attached hydrogens (tertiary/aromatic N) is 3. The standard InChI is InChI=1S/C23H23F4N5OS/c24-19(25)12-28-17-5-2-1-4-16(17)23(33)32(34)15-10-8-14(9-11-15)29-20-6-3-7-21-30-18(22(26)27)13-31(20)21/h1-7,13-15,19,22H,8-12H2,(H-,28,29,30,33)/p+1. The molecule has 2 aromatic heterocycles. The smallest absolute Gasteiger partial charge is 0.379 e. The van der Waals surface area contributed by atoms with Crippen LogP contribution in [0.2, 0.25) is 0 Å². The third-order valence-electron chi connectivity index (χ3n) is 5.92. The van der Waals surface area contributed by atoms with E-state index in [4.69, 9.17) is 12.4 Å². The van der Waals surface area contributed by atoms with Crippen molar-refractivity contribution in [2.75, 3.05) is 17.2 Å². The number of fused-ring (bicyclic) bond motifs is 1. The van der Waals surface area contributed by atoms with Crippen LogP contribution in [-0.2, 0) is 12.4 Å². The lowest BCUT2D eigenvalue weighted by Crippen LogP contribution is -2.37. The Hall–Kier alpha value is -3.08. The van der Waals surface area contributed by atoms with Crippen LogP contribution >= 0.6 is 0 Å². The lowest BCUT2D eigenvalue weighted by Gasteiger charge is -2.27. The predicted molar refractivity (Wildman–Crippen MR) is 123 cm³/mol. The Labute approximate surface area is 199 Å². The van der Waals surface area contributed by atoms with Crippen LogP contribution in [-0.4, -0.2) is 44.3 Å². The maximum Gasteiger partial charge on any atom is 0.435 e. The van der Waals surface area contributed by atoms with Gasteiger partial charge in [0, 0.05) is 25.1 Å². The predicted octanol–water partition coefficient (Wildman–Crippen LogP) is 5.26. The number of aromatic nitrogens is 2. The number of para-hydroxylation sites is 1. The van der Waals surface area contributed by atoms with Gasteiger partial charge in [-0.2, -0.15) is 0 Å². The van der Waals surface area contributed by atoms with E-state index in [-0.39, 0.29) is 23.3 Å². The highest BCUT2D eigenvalue weighted by molar-refractivity contribution is 7.44. The molecule has 0 spiro atoms. The maximum absolute atomic E-state index is 13.0. The Morgan fingerprint density at radius 1 is 1.09 bits per heavy atom. The monoisotopic (exact) mass is 494 g/mol. The van der Waals surface area contributed by atoms with Crippen molar-refractivity contribution < 1.29 is 26.3 Å². The molecular weight excluding hydrogens is 470 g/mol. The van der Waals surface area contributed by atoms with Crippen LogP contribution in [0, 0.1) is 0 Å². The first-order chi connectivity index (χ1) is 16.3. The van der Waals surface area contributed by atoms with Gasteiger partial charge in [0.25, 0.3) is 25.3 Å². The molecule has 0 radical (unpaired) electrons. The molecule has 1 amide bonds. The Bertz CT molecular complexity index is 1180. The minimum Gasteiger partial charge on any atom is -0.379 e. The molecule has 4 rings (SSSR count). The summed E-state index contributed by atoms with van der Waals surface area (Å²) in [6, 6.07) is 11.6. The molecule has 0 saturated heterocycles. The Balaban J connectivity index is 1.38. The second kappa shape index (κ2) is 10.5. The molecule has 2 heterocycles. The molecule has 1 saturated carbocycles. The molecular formula is C23H24F4N5OS+. The zero-order valence-corrected chi connectivity index (χ0v) is 19.0. The third-order valence-corrected chi connectivity index (χ3v) is 6.38. The van der Waals surface area contributed by atoms with Gasteiger partial charge in [0.15, 0.2) is 6.04 Å². The maximum atomic E-state index is 13.0. The number of benzene rings is 1. The SMILES string of the molecule is O=C(c1ccccc1NCC(F)F)[N+](=S)C1CCC(Nc2cccc3nc(C(F)F)cn23)CC1. The molecule has 3 aromatic rings. The highest BCUT2D eigenvalue weighted by Crippen LogP contribution is 2.27. The second-order valence-electron chi connectivity index (χ2n) is 8.20. The van der Waals surface area contributed by atoms with Crippen molar-refractivity contribution in [2.45, 2.75) is 50.6 Å². The summed E-state index contributed by atoms with van der Waals surface area (Å²) in [5.41, 5.74) is 0.756. The Kier molecular flexibility index (Phi) is 7.40. The number of anilines is 2. The molecule has 0 bridgehead atoms. The summed E-state index contributed by atoms with van der Waals surface area (Å²) < 4.78 is 54.1. The number of halogens is 4. The topological polar surface area (TPSA) is 61.4 Å². The van der Waals surface area contributed by atoms with Crippen molar-refractivity contribution in [2.24, 2.45) is 0 Å². The quantitative estimate of drug-likeness (QED) is 0.331. The van der Waals surface area contributed by atoms with Crippen molar-refractivity contribution in [3.05, 3.63) is 59.9 Å². The highest BCUT2D eigenvalue weighted by Gasteiger charge is 2.35. The molecule has 2 N–H and O–H groups in total. The van der Waals surface area contributed by atoms with E-state index in [9.17, 15) is 22.4 Å². The fourth-order valence-corrected chi connectivity index (χ4v) is 4.52. The van der Waals surface area contributed by atoms with Crippen molar-refractivity contribution in [3.63, 3.8) is 0 Å². The normalized spacial score (nSPS) is 18.4. The van der Waals surface area contributed by atoms with Crippen LogP contribution in [0.5, 0.6) is 0 Å². The number of imidazole rings is 1. The van der Waals surface area contributed by atoms with Crippen LogP contribution in [0.4, 0.5) is 29.1 Å². The van der Waals surface area contributed by atoms with Gasteiger partial charge in [-0.1, -0.05) is 22.1 Å². The number of nitrogens with one attached hydrogen (secondary N) is 2. The largest absolute Gasteiger partial charge is 0.435 e. The van der Waals surface area contributed by atoms with Crippen LogP contribution in [0.3, 0.4) is 0 Å². The van der Waals surface area contributed by atoms with Crippen molar-refractivity contribution in [1.82, 2.24) is 9.38 Å². The summed E-state index contributed by atoms with van der Waals surface area (Å²) in [5.74, 6) is 0.275. The van der Waals surface area contributed by atoms with E-state index >= 15 is 0 Å². The van der Waals surface area contributed by atoms with E-state index in [0.717, 1.165) is 12.8 Å². The zero-order valence-electron chi connectivity index (χ0n) is 18.1. The van der Waals surface area contributed by atoms with Crippen molar-refractivity contribution in [3.8, 4) is 0 Å². The van der Waals surface area contributed by atoms with Crippen molar-refractivity contribution in [1.29, 1.82) is 0 Å². The number of hydrogen-bond acceptors (Lipinski definition) is 5. The van der Waals surface area contributed by atoms with Gasteiger partial charge in [-0.05, 0) is 37.1 Å². The molecule has 0 atom stereocenters. The lowest BCUT2D eigenvalue weighted by molar-refractivity contribution is -0.448. The number of amides is 1. The number of rotatable bonds is 8. The number of carbonyl (C=O) groups excluding carboxylic acids is 1. The van der Waals surface area contributed by atoms with Crippen LogP contribution in [0.15, 0.2) is 48.7 Å². The zero-order chi connectivity index (χ0) is 24.2. The molecule has 0 aliphatic heterocycles. The molecule has 1 aliphatic rings. The van der Waals surface area contributed by atoms with Gasteiger partial charge < -0.3 is 10.6 Å². The van der Waals surface area contributed by atoms with E-state index in [2.05, 4.69) is 15.6 Å². The first-order valence-electron chi connectivity index (χ1n) is 11.0. The Morgan fingerprint density at radius 2 is 1.82 bits per heavy atom. The summed E-state index contributed by atoms with van der Waals surface area (Å²) >= 11 is 5.42. The number of carbonyl (C=O) groups is 1. The summed E-state index contributed by atoms with van der Waals surface area (Å²) in [7, 11) is 0. The summed E-state index contributed by atoms with van der Waals surface area (Å²) in [6.45, 7) is -0.555. The van der Waals surface area contributed by atoms with Gasteiger partial charge in [0.2, 0.25) is 0 Å². The van der Waals surface area contributed by atoms with Gasteiger partial charge in [0.05, 0.1) is 12.2 Å². The molecule has 11 heteroatoms. The second-order valence-corrected chi connectivity index (χ2v) is 8.60. The van der Waals surface area contributed by atoms with Crippen LogP contribution in [0.25, 0.3) is 5.65 Å². The van der Waals surface area contributed by atoms with Crippen molar-refractivity contribution >= 4 is 35.5 Å². The van der Waals surface area contributed by atoms with E-state index in [1.165, 1.54) is 10.1 Å². The summed E-state index contributed by atoms with van der Waals surface area (Å²) in [6.07, 6.45) is -1.09. The van der Waals surface area contributed by atoms with Gasteiger partial charge in [-0.3, -0.25) is 4.40 Å².